The van der Waals surface area contributed by atoms with E-state index in [1.165, 1.54) is 12.5 Å². The Kier molecular flexibility index (Phi) is 1.59. The van der Waals surface area contributed by atoms with E-state index in [-0.39, 0.29) is 0 Å². The van der Waals surface area contributed by atoms with Crippen LogP contribution in [0.3, 0.4) is 0 Å². The fourth-order valence-corrected chi connectivity index (χ4v) is 1.74. The van der Waals surface area contributed by atoms with Crippen molar-refractivity contribution in [2.75, 3.05) is 6.26 Å². The van der Waals surface area contributed by atoms with Gasteiger partial charge in [0.15, 0.2) is 5.65 Å². The third-order valence-corrected chi connectivity index (χ3v) is 2.62. The van der Waals surface area contributed by atoms with Gasteiger partial charge in [0.1, 0.15) is 11.8 Å². The number of rotatable bonds is 1. The Morgan fingerprint density at radius 2 is 2.15 bits per heavy atom. The Hall–Kier alpha value is -1.43. The van der Waals surface area contributed by atoms with Gasteiger partial charge in [-0.25, -0.2) is 22.4 Å². The van der Waals surface area contributed by atoms with Crippen LogP contribution < -0.4 is 0 Å². The minimum atomic E-state index is -3.29. The summed E-state index contributed by atoms with van der Waals surface area (Å²) in [7, 11) is -3.29. The molecule has 0 amide bonds. The predicted molar refractivity (Wildman–Crippen MR) is 47.8 cm³/mol. The number of nitrogens with zero attached hydrogens (tertiary/aromatic N) is 3. The highest BCUT2D eigenvalue weighted by Gasteiger charge is 2.10. The maximum Gasteiger partial charge on any atom is 0.238 e. The van der Waals surface area contributed by atoms with Gasteiger partial charge in [0.05, 0.1) is 6.26 Å². The molecule has 6 heteroatoms. The van der Waals surface area contributed by atoms with Crippen LogP contribution >= 0.6 is 0 Å². The highest BCUT2D eigenvalue weighted by Crippen LogP contribution is 2.09. The molecule has 2 rings (SSSR count). The first kappa shape index (κ1) is 8.18. The fraction of sp³-hybridized carbons (Fsp3) is 0.143. The van der Waals surface area contributed by atoms with E-state index in [1.807, 2.05) is 0 Å². The maximum atomic E-state index is 11.2. The van der Waals surface area contributed by atoms with Crippen molar-refractivity contribution in [3.8, 4) is 0 Å². The molecule has 0 aromatic carbocycles. The first-order valence-electron chi connectivity index (χ1n) is 3.57. The lowest BCUT2D eigenvalue weighted by molar-refractivity contribution is 0.594. The molecule has 0 aliphatic carbocycles. The minimum Gasteiger partial charge on any atom is -0.236 e. The number of fused-ring (bicyclic) bond motifs is 1. The summed E-state index contributed by atoms with van der Waals surface area (Å²) in [4.78, 5) is 7.84. The Morgan fingerprint density at radius 3 is 2.85 bits per heavy atom. The SMILES string of the molecule is CS(=O)(=O)n1cnc2cccnc21. The average molecular weight is 197 g/mol. The van der Waals surface area contributed by atoms with Gasteiger partial charge >= 0.3 is 0 Å². The standard InChI is InChI=1S/C7H7N3O2S/c1-13(11,12)10-5-9-6-3-2-4-8-7(6)10/h2-5H,1H3. The highest BCUT2D eigenvalue weighted by atomic mass is 32.2. The molecule has 0 saturated carbocycles. The number of hydrogen-bond acceptors (Lipinski definition) is 4. The van der Waals surface area contributed by atoms with E-state index in [0.29, 0.717) is 11.2 Å². The summed E-state index contributed by atoms with van der Waals surface area (Å²) >= 11 is 0. The number of imidazole rings is 1. The smallest absolute Gasteiger partial charge is 0.236 e. The molecule has 13 heavy (non-hydrogen) atoms. The summed E-state index contributed by atoms with van der Waals surface area (Å²) in [6, 6.07) is 3.42. The molecule has 0 saturated heterocycles. The Bertz CT molecular complexity index is 544. The Morgan fingerprint density at radius 1 is 1.38 bits per heavy atom. The van der Waals surface area contributed by atoms with Crippen molar-refractivity contribution in [3.05, 3.63) is 24.7 Å². The van der Waals surface area contributed by atoms with Crippen molar-refractivity contribution >= 4 is 21.2 Å². The lowest BCUT2D eigenvalue weighted by Crippen LogP contribution is -2.08. The molecule has 2 heterocycles. The van der Waals surface area contributed by atoms with Gasteiger partial charge in [-0.1, -0.05) is 0 Å². The third-order valence-electron chi connectivity index (χ3n) is 1.63. The molecule has 0 atom stereocenters. The second-order valence-electron chi connectivity index (χ2n) is 2.65. The topological polar surface area (TPSA) is 64.8 Å². The Balaban J connectivity index is 2.87. The number of hydrogen-bond donors (Lipinski definition) is 0. The summed E-state index contributed by atoms with van der Waals surface area (Å²) in [5.41, 5.74) is 0.943. The molecule has 68 valence electrons. The largest absolute Gasteiger partial charge is 0.238 e. The number of pyridine rings is 1. The first-order chi connectivity index (χ1) is 6.09. The average Bonchev–Trinajstić information content (AvgIpc) is 2.45. The summed E-state index contributed by atoms with van der Waals surface area (Å²) in [6.45, 7) is 0. The van der Waals surface area contributed by atoms with E-state index in [0.717, 1.165) is 10.2 Å². The van der Waals surface area contributed by atoms with Gasteiger partial charge in [-0.2, -0.15) is 0 Å². The van der Waals surface area contributed by atoms with E-state index in [4.69, 9.17) is 0 Å². The number of aromatic nitrogens is 3. The molecule has 0 aliphatic rings. The van der Waals surface area contributed by atoms with Crippen LogP contribution in [-0.4, -0.2) is 28.6 Å². The van der Waals surface area contributed by atoms with E-state index >= 15 is 0 Å². The molecule has 5 nitrogen and oxygen atoms in total. The van der Waals surface area contributed by atoms with Crippen molar-refractivity contribution < 1.29 is 8.42 Å². The summed E-state index contributed by atoms with van der Waals surface area (Å²) in [5.74, 6) is 0. The highest BCUT2D eigenvalue weighted by molar-refractivity contribution is 7.89. The fourth-order valence-electron chi connectivity index (χ4n) is 1.07. The molecule has 2 aromatic heterocycles. The zero-order valence-corrected chi connectivity index (χ0v) is 7.69. The van der Waals surface area contributed by atoms with Gasteiger partial charge in [0, 0.05) is 6.20 Å². The van der Waals surface area contributed by atoms with Gasteiger partial charge in [0.2, 0.25) is 10.0 Å². The molecule has 0 bridgehead atoms. The quantitative estimate of drug-likeness (QED) is 0.656. The summed E-state index contributed by atoms with van der Waals surface area (Å²) in [6.07, 6.45) is 3.90. The van der Waals surface area contributed by atoms with E-state index in [2.05, 4.69) is 9.97 Å². The van der Waals surface area contributed by atoms with Crippen LogP contribution in [0.1, 0.15) is 0 Å². The molecule has 0 aliphatic heterocycles. The van der Waals surface area contributed by atoms with Crippen LogP contribution in [0.2, 0.25) is 0 Å². The zero-order chi connectivity index (χ0) is 9.47. The molecule has 0 N–H and O–H groups in total. The first-order valence-corrected chi connectivity index (χ1v) is 5.42. The second kappa shape index (κ2) is 2.53. The minimum absolute atomic E-state index is 0.366. The second-order valence-corrected chi connectivity index (χ2v) is 4.51. The van der Waals surface area contributed by atoms with Crippen LogP contribution in [-0.2, 0) is 10.0 Å². The van der Waals surface area contributed by atoms with Gasteiger partial charge in [0.25, 0.3) is 0 Å². The molecular weight excluding hydrogens is 190 g/mol. The summed E-state index contributed by atoms with van der Waals surface area (Å²) < 4.78 is 23.4. The molecule has 0 fully saturated rings. The molecule has 0 unspecified atom stereocenters. The Labute approximate surface area is 75.1 Å². The van der Waals surface area contributed by atoms with E-state index in [1.54, 1.807) is 12.1 Å². The molecule has 2 aromatic rings. The maximum absolute atomic E-state index is 11.2. The lowest BCUT2D eigenvalue weighted by Gasteiger charge is -1.97. The molecule has 0 radical (unpaired) electrons. The van der Waals surface area contributed by atoms with Crippen LogP contribution in [0.4, 0.5) is 0 Å². The van der Waals surface area contributed by atoms with E-state index in [9.17, 15) is 8.42 Å². The molecule has 0 spiro atoms. The van der Waals surface area contributed by atoms with Crippen LogP contribution in [0.25, 0.3) is 11.2 Å². The predicted octanol–water partition coefficient (Wildman–Crippen LogP) is 0.239. The van der Waals surface area contributed by atoms with Crippen LogP contribution in [0.15, 0.2) is 24.7 Å². The lowest BCUT2D eigenvalue weighted by atomic mass is 10.4. The third kappa shape index (κ3) is 1.29. The van der Waals surface area contributed by atoms with Gasteiger partial charge in [-0.3, -0.25) is 0 Å². The van der Waals surface area contributed by atoms with Crippen molar-refractivity contribution in [1.82, 2.24) is 13.9 Å². The molecular formula is C7H7N3O2S. The van der Waals surface area contributed by atoms with Crippen molar-refractivity contribution in [3.63, 3.8) is 0 Å². The van der Waals surface area contributed by atoms with Crippen LogP contribution in [0.5, 0.6) is 0 Å². The van der Waals surface area contributed by atoms with Crippen molar-refractivity contribution in [1.29, 1.82) is 0 Å². The van der Waals surface area contributed by atoms with Gasteiger partial charge < -0.3 is 0 Å². The normalized spacial score (nSPS) is 12.1. The summed E-state index contributed by atoms with van der Waals surface area (Å²) in [5, 5.41) is 0. The van der Waals surface area contributed by atoms with Gasteiger partial charge in [-0.05, 0) is 12.1 Å². The van der Waals surface area contributed by atoms with Crippen molar-refractivity contribution in [2.45, 2.75) is 0 Å². The monoisotopic (exact) mass is 197 g/mol. The van der Waals surface area contributed by atoms with E-state index < -0.39 is 10.0 Å². The zero-order valence-electron chi connectivity index (χ0n) is 6.88. The van der Waals surface area contributed by atoms with Crippen LogP contribution in [0, 0.1) is 0 Å². The van der Waals surface area contributed by atoms with Gasteiger partial charge in [-0.15, -0.1) is 0 Å². The van der Waals surface area contributed by atoms with Crippen molar-refractivity contribution in [2.24, 2.45) is 0 Å².